The van der Waals surface area contributed by atoms with E-state index < -0.39 is 22.8 Å². The molecule has 3 aromatic rings. The maximum absolute atomic E-state index is 13.8. The Morgan fingerprint density at radius 3 is 2.59 bits per heavy atom. The Morgan fingerprint density at radius 1 is 1.09 bits per heavy atom. The lowest BCUT2D eigenvalue weighted by molar-refractivity contribution is -0.124. The molecule has 2 heterocycles. The van der Waals surface area contributed by atoms with E-state index >= 15 is 0 Å². The second-order valence-electron chi connectivity index (χ2n) is 7.30. The van der Waals surface area contributed by atoms with Crippen molar-refractivity contribution in [1.82, 2.24) is 15.2 Å². The minimum absolute atomic E-state index is 0.0124. The largest absolute Gasteiger partial charge is 0.441 e. The second kappa shape index (κ2) is 10.4. The molecule has 3 amide bonds. The third-order valence-electron chi connectivity index (χ3n) is 4.98. The van der Waals surface area contributed by atoms with Crippen molar-refractivity contribution in [3.63, 3.8) is 0 Å². The molecular formula is C24H19F2N3O4S. The molecule has 0 unspecified atom stereocenters. The number of hydrogen-bond acceptors (Lipinski definition) is 6. The quantitative estimate of drug-likeness (QED) is 0.478. The summed E-state index contributed by atoms with van der Waals surface area (Å²) in [5.41, 5.74) is 0.498. The van der Waals surface area contributed by atoms with Crippen LogP contribution >= 0.6 is 11.8 Å². The molecule has 0 saturated carbocycles. The number of nitrogens with zero attached hydrogens (tertiary/aromatic N) is 2. The molecule has 0 radical (unpaired) electrons. The first kappa shape index (κ1) is 23.4. The number of oxazole rings is 1. The molecule has 4 rings (SSSR count). The van der Waals surface area contributed by atoms with Crippen molar-refractivity contribution in [2.45, 2.75) is 12.8 Å². The molecule has 1 aromatic heterocycles. The van der Waals surface area contributed by atoms with Gasteiger partial charge in [0, 0.05) is 31.5 Å². The van der Waals surface area contributed by atoms with Gasteiger partial charge in [-0.15, -0.1) is 0 Å². The van der Waals surface area contributed by atoms with Gasteiger partial charge in [-0.05, 0) is 36.0 Å². The molecule has 0 atom stereocenters. The van der Waals surface area contributed by atoms with Gasteiger partial charge in [0.1, 0.15) is 11.6 Å². The zero-order chi connectivity index (χ0) is 24.1. The fraction of sp³-hybridized carbons (Fsp3) is 0.167. The SMILES string of the molecule is O=C(CCc1ncc(-c2ccccc2F)o1)NCCN1C(=O)S/C(=C\c2ccccc2F)C1=O. The molecule has 10 heteroatoms. The Hall–Kier alpha value is -3.79. The fourth-order valence-electron chi connectivity index (χ4n) is 3.25. The molecule has 1 fully saturated rings. The summed E-state index contributed by atoms with van der Waals surface area (Å²) in [5.74, 6) is -1.21. The summed E-state index contributed by atoms with van der Waals surface area (Å²) in [6.07, 6.45) is 3.00. The summed E-state index contributed by atoms with van der Waals surface area (Å²) in [5, 5.41) is 2.15. The van der Waals surface area contributed by atoms with E-state index in [0.29, 0.717) is 0 Å². The first-order valence-electron chi connectivity index (χ1n) is 10.4. The number of aryl methyl sites for hydroxylation is 1. The summed E-state index contributed by atoms with van der Waals surface area (Å²) < 4.78 is 33.2. The number of imide groups is 1. The number of benzene rings is 2. The predicted octanol–water partition coefficient (Wildman–Crippen LogP) is 4.41. The number of carbonyl (C=O) groups excluding carboxylic acids is 3. The predicted molar refractivity (Wildman–Crippen MR) is 122 cm³/mol. The molecule has 1 aliphatic rings. The molecule has 1 aliphatic heterocycles. The summed E-state index contributed by atoms with van der Waals surface area (Å²) in [6, 6.07) is 12.1. The number of thioether (sulfide) groups is 1. The Morgan fingerprint density at radius 2 is 1.82 bits per heavy atom. The van der Waals surface area contributed by atoms with Gasteiger partial charge in [-0.2, -0.15) is 0 Å². The smallest absolute Gasteiger partial charge is 0.293 e. The lowest BCUT2D eigenvalue weighted by Gasteiger charge is -2.12. The van der Waals surface area contributed by atoms with Crippen molar-refractivity contribution in [2.24, 2.45) is 0 Å². The highest BCUT2D eigenvalue weighted by molar-refractivity contribution is 8.18. The van der Waals surface area contributed by atoms with Crippen LogP contribution in [0.25, 0.3) is 17.4 Å². The lowest BCUT2D eigenvalue weighted by atomic mass is 10.2. The minimum Gasteiger partial charge on any atom is -0.441 e. The van der Waals surface area contributed by atoms with E-state index in [0.717, 1.165) is 16.7 Å². The molecule has 34 heavy (non-hydrogen) atoms. The van der Waals surface area contributed by atoms with E-state index in [9.17, 15) is 23.2 Å². The molecule has 0 aliphatic carbocycles. The van der Waals surface area contributed by atoms with Crippen molar-refractivity contribution in [1.29, 1.82) is 0 Å². The van der Waals surface area contributed by atoms with E-state index in [4.69, 9.17) is 4.42 Å². The first-order valence-corrected chi connectivity index (χ1v) is 11.2. The van der Waals surface area contributed by atoms with Crippen molar-refractivity contribution in [2.75, 3.05) is 13.1 Å². The van der Waals surface area contributed by atoms with Gasteiger partial charge in [0.15, 0.2) is 11.7 Å². The van der Waals surface area contributed by atoms with Crippen LogP contribution < -0.4 is 5.32 Å². The highest BCUT2D eigenvalue weighted by Crippen LogP contribution is 2.32. The Bertz CT molecular complexity index is 1270. The zero-order valence-corrected chi connectivity index (χ0v) is 18.6. The van der Waals surface area contributed by atoms with Crippen molar-refractivity contribution in [3.05, 3.63) is 82.7 Å². The van der Waals surface area contributed by atoms with E-state index in [1.807, 2.05) is 0 Å². The van der Waals surface area contributed by atoms with Gasteiger partial charge in [0.25, 0.3) is 11.1 Å². The van der Waals surface area contributed by atoms with Crippen LogP contribution in [0.15, 0.2) is 64.1 Å². The number of carbonyl (C=O) groups is 3. The highest BCUT2D eigenvalue weighted by atomic mass is 32.2. The van der Waals surface area contributed by atoms with Crippen LogP contribution in [-0.4, -0.2) is 40.0 Å². The topological polar surface area (TPSA) is 92.5 Å². The van der Waals surface area contributed by atoms with Gasteiger partial charge >= 0.3 is 0 Å². The summed E-state index contributed by atoms with van der Waals surface area (Å²) in [4.78, 5) is 42.0. The maximum atomic E-state index is 13.8. The standard InChI is InChI=1S/C24H19F2N3O4S/c25-17-7-3-1-5-15(17)13-20-23(31)29(24(32)34-20)12-11-27-21(30)9-10-22-28-14-19(33-22)16-6-2-4-8-18(16)26/h1-8,13-14H,9-12H2,(H,27,30)/b20-13-. The average Bonchev–Trinajstić information content (AvgIpc) is 3.39. The highest BCUT2D eigenvalue weighted by Gasteiger charge is 2.34. The Balaban J connectivity index is 1.25. The van der Waals surface area contributed by atoms with Gasteiger partial charge in [-0.3, -0.25) is 19.3 Å². The number of nitrogens with one attached hydrogen (secondary N) is 1. The minimum atomic E-state index is -0.534. The van der Waals surface area contributed by atoms with Crippen LogP contribution in [0.2, 0.25) is 0 Å². The van der Waals surface area contributed by atoms with E-state index in [1.54, 1.807) is 24.3 Å². The number of halogens is 2. The number of rotatable bonds is 8. The lowest BCUT2D eigenvalue weighted by Crippen LogP contribution is -2.37. The fourth-order valence-corrected chi connectivity index (χ4v) is 4.11. The van der Waals surface area contributed by atoms with Crippen LogP contribution in [0.3, 0.4) is 0 Å². The third-order valence-corrected chi connectivity index (χ3v) is 5.89. The van der Waals surface area contributed by atoms with Gasteiger partial charge in [-0.25, -0.2) is 13.8 Å². The zero-order valence-electron chi connectivity index (χ0n) is 17.8. The molecule has 174 valence electrons. The van der Waals surface area contributed by atoms with Crippen LogP contribution in [-0.2, 0) is 16.0 Å². The van der Waals surface area contributed by atoms with Gasteiger partial charge < -0.3 is 9.73 Å². The summed E-state index contributed by atoms with van der Waals surface area (Å²) in [6.45, 7) is 0.0529. The molecule has 1 saturated heterocycles. The molecule has 7 nitrogen and oxygen atoms in total. The maximum Gasteiger partial charge on any atom is 0.293 e. The average molecular weight is 483 g/mol. The van der Waals surface area contributed by atoms with Gasteiger partial charge in [-0.1, -0.05) is 30.3 Å². The normalized spacial score (nSPS) is 14.8. The Labute approximate surface area is 197 Å². The van der Waals surface area contributed by atoms with Gasteiger partial charge in [0.2, 0.25) is 5.91 Å². The molecular weight excluding hydrogens is 464 g/mol. The van der Waals surface area contributed by atoms with E-state index in [2.05, 4.69) is 10.3 Å². The summed E-state index contributed by atoms with van der Waals surface area (Å²) >= 11 is 0.725. The first-order chi connectivity index (χ1) is 16.4. The van der Waals surface area contributed by atoms with Crippen LogP contribution in [0.4, 0.5) is 13.6 Å². The number of hydrogen-bond donors (Lipinski definition) is 1. The molecule has 0 bridgehead atoms. The Kier molecular flexibility index (Phi) is 7.17. The monoisotopic (exact) mass is 483 g/mol. The van der Waals surface area contributed by atoms with Crippen LogP contribution in [0.1, 0.15) is 17.9 Å². The third kappa shape index (κ3) is 5.40. The van der Waals surface area contributed by atoms with Gasteiger partial charge in [0.05, 0.1) is 16.7 Å². The number of aromatic nitrogens is 1. The summed E-state index contributed by atoms with van der Waals surface area (Å²) in [7, 11) is 0. The molecule has 2 aromatic carbocycles. The molecule has 1 N–H and O–H groups in total. The van der Waals surface area contributed by atoms with Crippen LogP contribution in [0, 0.1) is 11.6 Å². The van der Waals surface area contributed by atoms with Crippen LogP contribution in [0.5, 0.6) is 0 Å². The van der Waals surface area contributed by atoms with Crippen molar-refractivity contribution >= 4 is 34.9 Å². The second-order valence-corrected chi connectivity index (χ2v) is 8.30. The van der Waals surface area contributed by atoms with E-state index in [-0.39, 0.29) is 59.5 Å². The molecule has 0 spiro atoms. The number of amides is 3. The van der Waals surface area contributed by atoms with Crippen molar-refractivity contribution in [3.8, 4) is 11.3 Å². The van der Waals surface area contributed by atoms with Crippen molar-refractivity contribution < 1.29 is 27.6 Å². The van der Waals surface area contributed by atoms with E-state index in [1.165, 1.54) is 36.5 Å².